The van der Waals surface area contributed by atoms with Gasteiger partial charge in [0.2, 0.25) is 0 Å². The van der Waals surface area contributed by atoms with E-state index in [9.17, 15) is 0 Å². The Morgan fingerprint density at radius 2 is 1.06 bits per heavy atom. The van der Waals surface area contributed by atoms with Crippen molar-refractivity contribution in [1.82, 2.24) is 0 Å². The maximum atomic E-state index is 2.61. The van der Waals surface area contributed by atoms with Crippen LogP contribution in [0.2, 0.25) is 25.2 Å². The van der Waals surface area contributed by atoms with E-state index in [0.717, 1.165) is 0 Å². The van der Waals surface area contributed by atoms with Crippen molar-refractivity contribution < 1.29 is 0 Å². The molecule has 0 radical (unpaired) electrons. The summed E-state index contributed by atoms with van der Waals surface area (Å²) in [5.74, 6) is 0. The van der Waals surface area contributed by atoms with Crippen LogP contribution in [-0.2, 0) is 0 Å². The fourth-order valence-corrected chi connectivity index (χ4v) is 11.1. The monoisotopic (exact) mass is 258 g/mol. The largest absolute Gasteiger partial charge is 0.0743 e. The fourth-order valence-electron chi connectivity index (χ4n) is 2.48. The lowest BCUT2D eigenvalue weighted by Gasteiger charge is -2.18. The van der Waals surface area contributed by atoms with Crippen molar-refractivity contribution in [3.05, 3.63) is 0 Å². The first-order chi connectivity index (χ1) is 7.72. The third kappa shape index (κ3) is 9.64. The van der Waals surface area contributed by atoms with E-state index in [2.05, 4.69) is 26.9 Å². The molecule has 0 aliphatic carbocycles. The summed E-state index contributed by atoms with van der Waals surface area (Å²) in [6, 6.07) is 3.35. The predicted molar refractivity (Wildman–Crippen MR) is 83.9 cm³/mol. The summed E-state index contributed by atoms with van der Waals surface area (Å²) in [4.78, 5) is 0. The number of hydrogen-bond acceptors (Lipinski definition) is 0. The van der Waals surface area contributed by atoms with Gasteiger partial charge in [-0.3, -0.25) is 0 Å². The molecule has 0 spiro atoms. The minimum atomic E-state index is -0.253. The molecule has 0 N–H and O–H groups in total. The van der Waals surface area contributed by atoms with E-state index in [0.29, 0.717) is 0 Å². The van der Waals surface area contributed by atoms with Gasteiger partial charge >= 0.3 is 0 Å². The first-order valence-electron chi connectivity index (χ1n) is 7.72. The maximum absolute atomic E-state index is 2.61. The molecule has 0 aliphatic rings. The highest BCUT2D eigenvalue weighted by atomic mass is 29.2. The zero-order valence-corrected chi connectivity index (χ0v) is 14.5. The molecule has 98 valence electrons. The first kappa shape index (κ1) is 16.4. The van der Waals surface area contributed by atoms with Crippen LogP contribution in [0.1, 0.15) is 65.2 Å². The Morgan fingerprint density at radius 1 is 0.625 bits per heavy atom. The van der Waals surface area contributed by atoms with Crippen LogP contribution in [0.3, 0.4) is 0 Å². The van der Waals surface area contributed by atoms with Crippen molar-refractivity contribution in [2.24, 2.45) is 0 Å². The summed E-state index contributed by atoms with van der Waals surface area (Å²) < 4.78 is 0. The second-order valence-corrected chi connectivity index (χ2v) is 17.7. The standard InChI is InChI=1S/C14H34Si2/c1-5-7-9-11-13-16(15(3)4)14-12-10-8-6-2/h15-16H,5-14H2,1-4H3. The number of hydrogen-bond donors (Lipinski definition) is 0. The molecule has 0 unspecified atom stereocenters. The summed E-state index contributed by atoms with van der Waals surface area (Å²) in [7, 11) is -0.503. The Balaban J connectivity index is 3.54. The number of unbranched alkanes of at least 4 members (excludes halogenated alkanes) is 6. The van der Waals surface area contributed by atoms with Crippen molar-refractivity contribution in [3.8, 4) is 0 Å². The Kier molecular flexibility index (Phi) is 12.2. The topological polar surface area (TPSA) is 0 Å². The lowest BCUT2D eigenvalue weighted by atomic mass is 10.2. The van der Waals surface area contributed by atoms with Gasteiger partial charge in [0, 0.05) is 16.6 Å². The summed E-state index contributed by atoms with van der Waals surface area (Å²) >= 11 is 0. The van der Waals surface area contributed by atoms with Gasteiger partial charge in [-0.05, 0) is 0 Å². The van der Waals surface area contributed by atoms with Crippen molar-refractivity contribution in [1.29, 1.82) is 0 Å². The van der Waals surface area contributed by atoms with Crippen LogP contribution in [0.4, 0.5) is 0 Å². The van der Waals surface area contributed by atoms with Crippen molar-refractivity contribution in [2.75, 3.05) is 0 Å². The second kappa shape index (κ2) is 11.9. The summed E-state index contributed by atoms with van der Waals surface area (Å²) in [6.45, 7) is 9.85. The molecule has 0 aromatic rings. The van der Waals surface area contributed by atoms with Gasteiger partial charge in [0.25, 0.3) is 0 Å². The van der Waals surface area contributed by atoms with Crippen molar-refractivity contribution in [2.45, 2.75) is 90.4 Å². The predicted octanol–water partition coefficient (Wildman–Crippen LogP) is 4.94. The molecular formula is C14H34Si2. The lowest BCUT2D eigenvalue weighted by Crippen LogP contribution is -2.29. The van der Waals surface area contributed by atoms with Gasteiger partial charge in [0.05, 0.1) is 0 Å². The molecule has 0 heterocycles. The molecule has 0 fully saturated rings. The fraction of sp³-hybridized carbons (Fsp3) is 1.00. The van der Waals surface area contributed by atoms with E-state index in [1.165, 1.54) is 38.5 Å². The Hall–Kier alpha value is 0.434. The molecule has 0 saturated heterocycles. The minimum Gasteiger partial charge on any atom is -0.0743 e. The highest BCUT2D eigenvalue weighted by Gasteiger charge is 2.14. The van der Waals surface area contributed by atoms with Gasteiger partial charge in [-0.2, -0.15) is 0 Å². The Morgan fingerprint density at radius 3 is 1.38 bits per heavy atom. The molecule has 16 heavy (non-hydrogen) atoms. The molecule has 0 aromatic carbocycles. The van der Waals surface area contributed by atoms with Crippen molar-refractivity contribution >= 4 is 16.6 Å². The zero-order valence-electron chi connectivity index (χ0n) is 12.2. The second-order valence-electron chi connectivity index (χ2n) is 5.70. The van der Waals surface area contributed by atoms with E-state index >= 15 is 0 Å². The molecule has 0 rings (SSSR count). The molecule has 0 amide bonds. The molecule has 2 heteroatoms. The molecular weight excluding hydrogens is 224 g/mol. The van der Waals surface area contributed by atoms with E-state index < -0.39 is 0 Å². The average molecular weight is 259 g/mol. The van der Waals surface area contributed by atoms with Crippen LogP contribution in [0.25, 0.3) is 0 Å². The highest BCUT2D eigenvalue weighted by Crippen LogP contribution is 2.15. The van der Waals surface area contributed by atoms with Crippen LogP contribution in [0.5, 0.6) is 0 Å². The quantitative estimate of drug-likeness (QED) is 0.364. The van der Waals surface area contributed by atoms with Gasteiger partial charge in [-0.1, -0.05) is 90.4 Å². The Labute approximate surface area is 107 Å². The van der Waals surface area contributed by atoms with Crippen LogP contribution >= 0.6 is 0 Å². The molecule has 0 aliphatic heterocycles. The van der Waals surface area contributed by atoms with E-state index in [1.54, 1.807) is 24.9 Å². The van der Waals surface area contributed by atoms with Gasteiger partial charge in [-0.15, -0.1) is 0 Å². The average Bonchev–Trinajstić information content (AvgIpc) is 2.26. The normalized spacial score (nSPS) is 11.6. The maximum Gasteiger partial charge on any atom is 0.0274 e. The highest BCUT2D eigenvalue weighted by molar-refractivity contribution is 7.21. The van der Waals surface area contributed by atoms with Crippen LogP contribution in [-0.4, -0.2) is 16.6 Å². The third-order valence-electron chi connectivity index (χ3n) is 3.80. The van der Waals surface area contributed by atoms with Crippen molar-refractivity contribution in [3.63, 3.8) is 0 Å². The SMILES string of the molecule is CCCCCC[SiH](CCCCCC)[SiH](C)C. The lowest BCUT2D eigenvalue weighted by molar-refractivity contribution is 0.688. The molecule has 0 atom stereocenters. The smallest absolute Gasteiger partial charge is 0.0274 e. The van der Waals surface area contributed by atoms with E-state index in [4.69, 9.17) is 0 Å². The number of rotatable bonds is 11. The van der Waals surface area contributed by atoms with Gasteiger partial charge < -0.3 is 0 Å². The zero-order chi connectivity index (χ0) is 12.2. The van der Waals surface area contributed by atoms with Gasteiger partial charge in [0.1, 0.15) is 0 Å². The third-order valence-corrected chi connectivity index (χ3v) is 15.6. The molecule has 0 bridgehead atoms. The Bertz CT molecular complexity index is 123. The molecule has 0 aromatic heterocycles. The first-order valence-corrected chi connectivity index (χ1v) is 14.3. The summed E-state index contributed by atoms with van der Waals surface area (Å²) in [6.07, 6.45) is 11.9. The van der Waals surface area contributed by atoms with E-state index in [1.807, 2.05) is 0 Å². The van der Waals surface area contributed by atoms with Gasteiger partial charge in [0.15, 0.2) is 0 Å². The van der Waals surface area contributed by atoms with Gasteiger partial charge in [-0.25, -0.2) is 0 Å². The van der Waals surface area contributed by atoms with E-state index in [-0.39, 0.29) is 16.6 Å². The summed E-state index contributed by atoms with van der Waals surface area (Å²) in [5, 5.41) is 0. The van der Waals surface area contributed by atoms with Crippen LogP contribution in [0.15, 0.2) is 0 Å². The van der Waals surface area contributed by atoms with Crippen LogP contribution < -0.4 is 0 Å². The molecule has 0 saturated carbocycles. The molecule has 0 nitrogen and oxygen atoms in total. The minimum absolute atomic E-state index is 0.250. The van der Waals surface area contributed by atoms with Crippen LogP contribution in [0, 0.1) is 0 Å². The summed E-state index contributed by atoms with van der Waals surface area (Å²) in [5.41, 5.74) is 0.